The summed E-state index contributed by atoms with van der Waals surface area (Å²) < 4.78 is 77.2. The van der Waals surface area contributed by atoms with Crippen molar-refractivity contribution in [2.45, 2.75) is 55.2 Å². The fourth-order valence-corrected chi connectivity index (χ4v) is 7.31. The number of fused-ring (bicyclic) bond motifs is 1. The number of hydrogen-bond acceptors (Lipinski definition) is 6. The molecule has 0 spiro atoms. The van der Waals surface area contributed by atoms with Crippen LogP contribution in [-0.2, 0) is 15.6 Å². The van der Waals surface area contributed by atoms with Crippen LogP contribution in [0.1, 0.15) is 66.6 Å². The van der Waals surface area contributed by atoms with E-state index in [9.17, 15) is 26.7 Å². The third-order valence-corrected chi connectivity index (χ3v) is 10.7. The highest BCUT2D eigenvalue weighted by Gasteiger charge is 2.50. The van der Waals surface area contributed by atoms with Gasteiger partial charge in [0.2, 0.25) is 0 Å². The maximum atomic E-state index is 13.3. The molecular formula is C32H34F3N3O5S. The second-order valence-corrected chi connectivity index (χ2v) is 13.3. The monoisotopic (exact) mass is 629 g/mol. The van der Waals surface area contributed by atoms with E-state index in [4.69, 9.17) is 14.5 Å². The highest BCUT2D eigenvalue weighted by atomic mass is 32.2. The van der Waals surface area contributed by atoms with Crippen molar-refractivity contribution < 1.29 is 36.2 Å². The minimum absolute atomic E-state index is 0.213. The predicted molar refractivity (Wildman–Crippen MR) is 159 cm³/mol. The Morgan fingerprint density at radius 1 is 0.818 bits per heavy atom. The first-order valence-electron chi connectivity index (χ1n) is 14.6. The molecule has 2 fully saturated rings. The van der Waals surface area contributed by atoms with Gasteiger partial charge in [0.25, 0.3) is 0 Å². The number of rotatable bonds is 8. The van der Waals surface area contributed by atoms with Crippen LogP contribution in [0.5, 0.6) is 11.5 Å². The molecule has 44 heavy (non-hydrogen) atoms. The average Bonchev–Trinajstić information content (AvgIpc) is 3.37. The number of sulfonamides is 1. The topological polar surface area (TPSA) is 93.9 Å². The van der Waals surface area contributed by atoms with E-state index in [2.05, 4.69) is 4.57 Å². The molecule has 0 unspecified atom stereocenters. The van der Waals surface area contributed by atoms with Gasteiger partial charge in [0, 0.05) is 25.0 Å². The summed E-state index contributed by atoms with van der Waals surface area (Å²) in [5.74, 6) is 2.36. The normalized spacial score (nSPS) is 17.5. The number of nitrogens with zero attached hydrogens (tertiary/aromatic N) is 3. The van der Waals surface area contributed by atoms with Crippen LogP contribution in [0.4, 0.5) is 13.2 Å². The summed E-state index contributed by atoms with van der Waals surface area (Å²) in [4.78, 5) is 4.97. The van der Waals surface area contributed by atoms with E-state index in [1.807, 2.05) is 18.2 Å². The molecule has 6 rings (SSSR count). The number of aromatic nitrogens is 2. The van der Waals surface area contributed by atoms with Gasteiger partial charge in [-0.25, -0.2) is 13.4 Å². The Morgan fingerprint density at radius 3 is 1.80 bits per heavy atom. The molecule has 1 aliphatic carbocycles. The van der Waals surface area contributed by atoms with Crippen LogP contribution in [0, 0.1) is 0 Å². The molecule has 0 amide bonds. The van der Waals surface area contributed by atoms with Gasteiger partial charge >= 0.3 is 15.5 Å². The van der Waals surface area contributed by atoms with Gasteiger partial charge in [-0.15, -0.1) is 0 Å². The lowest BCUT2D eigenvalue weighted by Gasteiger charge is -2.35. The second-order valence-electron chi connectivity index (χ2n) is 11.4. The molecule has 1 N–H and O–H groups in total. The quantitative estimate of drug-likeness (QED) is 0.237. The van der Waals surface area contributed by atoms with Gasteiger partial charge in [-0.3, -0.25) is 0 Å². The first-order chi connectivity index (χ1) is 21.0. The van der Waals surface area contributed by atoms with Crippen molar-refractivity contribution in [3.63, 3.8) is 0 Å². The zero-order valence-electron chi connectivity index (χ0n) is 24.4. The molecule has 4 aromatic rings. The number of aliphatic hydroxyl groups is 1. The second kappa shape index (κ2) is 11.4. The molecule has 234 valence electrons. The van der Waals surface area contributed by atoms with Crippen molar-refractivity contribution in [3.8, 4) is 11.5 Å². The maximum Gasteiger partial charge on any atom is 0.511 e. The summed E-state index contributed by atoms with van der Waals surface area (Å²) >= 11 is 0. The predicted octanol–water partition coefficient (Wildman–Crippen LogP) is 6.09. The SMILES string of the molecule is COc1ccc(C(O)(c2ccc(OC)cc2)c2ccc3nc(C4CCC4)n(C4CCN(S(=O)(=O)C(F)(F)F)CC4)c3c2)cc1. The van der Waals surface area contributed by atoms with Gasteiger partial charge in [-0.2, -0.15) is 17.5 Å². The van der Waals surface area contributed by atoms with E-state index in [0.29, 0.717) is 38.0 Å². The largest absolute Gasteiger partial charge is 0.511 e. The average molecular weight is 630 g/mol. The van der Waals surface area contributed by atoms with Gasteiger partial charge in [-0.05, 0) is 78.8 Å². The molecule has 0 radical (unpaired) electrons. The van der Waals surface area contributed by atoms with Gasteiger partial charge in [0.1, 0.15) is 22.9 Å². The van der Waals surface area contributed by atoms with Gasteiger partial charge < -0.3 is 19.1 Å². The van der Waals surface area contributed by atoms with Crippen LogP contribution in [0.2, 0.25) is 0 Å². The summed E-state index contributed by atoms with van der Waals surface area (Å²) in [6.45, 7) is -0.477. The fourth-order valence-electron chi connectivity index (χ4n) is 6.33. The zero-order valence-corrected chi connectivity index (χ0v) is 25.2. The number of imidazole rings is 1. The van der Waals surface area contributed by atoms with Crippen molar-refractivity contribution in [1.29, 1.82) is 0 Å². The lowest BCUT2D eigenvalue weighted by molar-refractivity contribution is -0.0496. The molecule has 12 heteroatoms. The number of piperidine rings is 1. The summed E-state index contributed by atoms with van der Waals surface area (Å²) in [6, 6.07) is 19.7. The van der Waals surface area contributed by atoms with E-state index in [1.54, 1.807) is 62.8 Å². The minimum Gasteiger partial charge on any atom is -0.497 e. The summed E-state index contributed by atoms with van der Waals surface area (Å²) in [6.07, 6.45) is 3.41. The van der Waals surface area contributed by atoms with Gasteiger partial charge in [-0.1, -0.05) is 36.8 Å². The molecule has 1 aliphatic heterocycles. The van der Waals surface area contributed by atoms with Crippen LogP contribution in [0.25, 0.3) is 11.0 Å². The van der Waals surface area contributed by atoms with Crippen LogP contribution < -0.4 is 9.47 Å². The van der Waals surface area contributed by atoms with Crippen LogP contribution in [0.15, 0.2) is 66.7 Å². The number of methoxy groups -OCH3 is 2. The Labute approximate surface area is 254 Å². The minimum atomic E-state index is -5.39. The number of hydrogen-bond donors (Lipinski definition) is 1. The van der Waals surface area contributed by atoms with E-state index in [1.165, 1.54) is 0 Å². The van der Waals surface area contributed by atoms with Gasteiger partial charge in [0.05, 0.1) is 25.3 Å². The van der Waals surface area contributed by atoms with Crippen LogP contribution in [-0.4, -0.2) is 60.2 Å². The molecule has 2 heterocycles. The first kappa shape index (κ1) is 30.4. The summed E-state index contributed by atoms with van der Waals surface area (Å²) in [7, 11) is -2.25. The van der Waals surface area contributed by atoms with E-state index in [-0.39, 0.29) is 37.9 Å². The Kier molecular flexibility index (Phi) is 7.87. The Hall–Kier alpha value is -3.61. The highest BCUT2D eigenvalue weighted by molar-refractivity contribution is 7.90. The molecule has 2 aliphatic rings. The summed E-state index contributed by atoms with van der Waals surface area (Å²) in [5.41, 5.74) is -3.64. The van der Waals surface area contributed by atoms with Crippen molar-refractivity contribution in [2.24, 2.45) is 0 Å². The van der Waals surface area contributed by atoms with Crippen molar-refractivity contribution >= 4 is 21.1 Å². The molecule has 1 saturated heterocycles. The number of benzene rings is 3. The number of halogens is 3. The number of alkyl halides is 3. The molecule has 0 atom stereocenters. The summed E-state index contributed by atoms with van der Waals surface area (Å²) in [5, 5.41) is 12.6. The molecule has 1 aromatic heterocycles. The van der Waals surface area contributed by atoms with Crippen LogP contribution >= 0.6 is 0 Å². The smallest absolute Gasteiger partial charge is 0.497 e. The lowest BCUT2D eigenvalue weighted by atomic mass is 9.80. The van der Waals surface area contributed by atoms with E-state index >= 15 is 0 Å². The Balaban J connectivity index is 1.45. The van der Waals surface area contributed by atoms with Crippen molar-refractivity contribution in [1.82, 2.24) is 13.9 Å². The van der Waals surface area contributed by atoms with E-state index < -0.39 is 21.1 Å². The van der Waals surface area contributed by atoms with Crippen LogP contribution in [0.3, 0.4) is 0 Å². The molecule has 3 aromatic carbocycles. The maximum absolute atomic E-state index is 13.3. The number of ether oxygens (including phenoxy) is 2. The highest BCUT2D eigenvalue weighted by Crippen LogP contribution is 2.43. The third-order valence-electron chi connectivity index (χ3n) is 9.04. The fraction of sp³-hybridized carbons (Fsp3) is 0.406. The van der Waals surface area contributed by atoms with Gasteiger partial charge in [0.15, 0.2) is 0 Å². The van der Waals surface area contributed by atoms with Crippen molar-refractivity contribution in [2.75, 3.05) is 27.3 Å². The standard InChI is InChI=1S/C32H34F3N3O5S/c1-42-26-11-6-22(7-12-26)31(39,23-8-13-27(43-2)14-9-23)24-10-15-28-29(20-24)38(30(36-28)21-4-3-5-21)25-16-18-37(19-17-25)44(40,41)32(33,34)35/h6-15,20-21,25,39H,3-5,16-19H2,1-2H3. The Morgan fingerprint density at radius 2 is 1.34 bits per heavy atom. The van der Waals surface area contributed by atoms with Crippen molar-refractivity contribution in [3.05, 3.63) is 89.2 Å². The zero-order chi connectivity index (χ0) is 31.3. The lowest BCUT2D eigenvalue weighted by Crippen LogP contribution is -2.45. The first-order valence-corrected chi connectivity index (χ1v) is 16.0. The molecule has 8 nitrogen and oxygen atoms in total. The molecule has 0 bridgehead atoms. The molecule has 1 saturated carbocycles. The van der Waals surface area contributed by atoms with E-state index in [0.717, 1.165) is 30.6 Å². The third kappa shape index (κ3) is 5.12. The Bertz CT molecular complexity index is 1700. The molecular weight excluding hydrogens is 595 g/mol.